The van der Waals surface area contributed by atoms with Gasteiger partial charge in [0.1, 0.15) is 0 Å². The molecule has 0 aromatic rings. The van der Waals surface area contributed by atoms with Crippen molar-refractivity contribution in [1.82, 2.24) is 0 Å². The number of ketones is 2. The molecular weight excluding hydrogens is 82.0 g/mol. The maximum atomic E-state index is 9.79. The summed E-state index contributed by atoms with van der Waals surface area (Å²) < 4.78 is 0. The third kappa shape index (κ3) is 1.64. The van der Waals surface area contributed by atoms with Gasteiger partial charge in [-0.3, -0.25) is 9.59 Å². The molecule has 0 spiro atoms. The fourth-order valence-corrected chi connectivity index (χ4v) is 0. The van der Waals surface area contributed by atoms with Gasteiger partial charge < -0.3 is 0 Å². The van der Waals surface area contributed by atoms with Gasteiger partial charge >= 0.3 is 0 Å². The van der Waals surface area contributed by atoms with Crippen LogP contribution in [0.25, 0.3) is 0 Å². The normalized spacial score (nSPS) is 7.67. The SMILES string of the molecule is C[13C](=O)[13C](C)=O. The lowest BCUT2D eigenvalue weighted by Crippen LogP contribution is -2.01. The molecule has 0 heterocycles. The monoisotopic (exact) mass is 88.0 g/mol. The molecular formula is C4H6O2. The predicted octanol–water partition coefficient (Wildman–Crippen LogP) is 0.164. The first-order valence-corrected chi connectivity index (χ1v) is 1.66. The van der Waals surface area contributed by atoms with Crippen LogP contribution in [0.15, 0.2) is 0 Å². The highest BCUT2D eigenvalue weighted by Gasteiger charge is 1.94. The van der Waals surface area contributed by atoms with Crippen LogP contribution in [-0.2, 0) is 9.59 Å². The molecule has 0 aliphatic heterocycles. The predicted molar refractivity (Wildman–Crippen MR) is 21.4 cm³/mol. The third-order valence-electron chi connectivity index (χ3n) is 0.496. The van der Waals surface area contributed by atoms with Crippen LogP contribution in [-0.4, -0.2) is 11.6 Å². The Morgan fingerprint density at radius 1 is 1.00 bits per heavy atom. The molecule has 0 saturated carbocycles. The molecule has 6 heavy (non-hydrogen) atoms. The molecule has 0 aliphatic carbocycles. The zero-order chi connectivity index (χ0) is 5.15. The van der Waals surface area contributed by atoms with Gasteiger partial charge in [-0.05, 0) is 0 Å². The molecule has 0 rings (SSSR count). The molecule has 0 unspecified atom stereocenters. The first-order chi connectivity index (χ1) is 2.64. The minimum Gasteiger partial charge on any atom is -0.291 e. The van der Waals surface area contributed by atoms with Crippen molar-refractivity contribution in [2.45, 2.75) is 13.8 Å². The van der Waals surface area contributed by atoms with Crippen molar-refractivity contribution >= 4 is 11.6 Å². The highest BCUT2D eigenvalue weighted by molar-refractivity contribution is 6.35. The topological polar surface area (TPSA) is 34.1 Å². The summed E-state index contributed by atoms with van der Waals surface area (Å²) in [4.78, 5) is 19.6. The van der Waals surface area contributed by atoms with Gasteiger partial charge in [0, 0.05) is 13.8 Å². The van der Waals surface area contributed by atoms with E-state index in [-0.39, 0.29) is 11.6 Å². The Morgan fingerprint density at radius 3 is 1.17 bits per heavy atom. The van der Waals surface area contributed by atoms with Gasteiger partial charge in [-0.15, -0.1) is 0 Å². The summed E-state index contributed by atoms with van der Waals surface area (Å²) in [5, 5.41) is 0. The smallest absolute Gasteiger partial charge is 0.195 e. The van der Waals surface area contributed by atoms with E-state index >= 15 is 0 Å². The molecule has 0 bridgehead atoms. The second-order valence-electron chi connectivity index (χ2n) is 1.11. The maximum Gasteiger partial charge on any atom is 0.195 e. The Kier molecular flexibility index (Phi) is 1.51. The average molecular weight is 88.1 g/mol. The Labute approximate surface area is 36.2 Å². The lowest BCUT2D eigenvalue weighted by molar-refractivity contribution is -0.134. The number of carbonyl (C=O) groups excluding carboxylic acids is 2. The van der Waals surface area contributed by atoms with Gasteiger partial charge in [0.15, 0.2) is 11.6 Å². The molecule has 0 fully saturated rings. The Balaban J connectivity index is 3.57. The van der Waals surface area contributed by atoms with Crippen molar-refractivity contribution in [3.05, 3.63) is 0 Å². The summed E-state index contributed by atoms with van der Waals surface area (Å²) >= 11 is 0. The standard InChI is InChI=1S/C4H6O2/c1-3(5)4(2)6/h1-2H3/i3+1,4+1. The molecule has 34 valence electrons. The average Bonchev–Trinajstić information content (AvgIpc) is 1.36. The summed E-state index contributed by atoms with van der Waals surface area (Å²) in [7, 11) is 0. The molecule has 0 aliphatic rings. The highest BCUT2D eigenvalue weighted by atomic mass is 16.2. The minimum absolute atomic E-state index is 0.380. The van der Waals surface area contributed by atoms with Crippen molar-refractivity contribution in [1.29, 1.82) is 0 Å². The molecule has 0 aromatic heterocycles. The van der Waals surface area contributed by atoms with Crippen molar-refractivity contribution in [3.8, 4) is 0 Å². The van der Waals surface area contributed by atoms with E-state index in [1.54, 1.807) is 0 Å². The van der Waals surface area contributed by atoms with Gasteiger partial charge in [0.25, 0.3) is 0 Å². The quantitative estimate of drug-likeness (QED) is 0.338. The van der Waals surface area contributed by atoms with E-state index in [0.717, 1.165) is 0 Å². The van der Waals surface area contributed by atoms with Crippen LogP contribution in [0.1, 0.15) is 13.8 Å². The van der Waals surface area contributed by atoms with Gasteiger partial charge in [-0.1, -0.05) is 0 Å². The zero-order valence-corrected chi connectivity index (χ0v) is 3.82. The van der Waals surface area contributed by atoms with Crippen LogP contribution in [0.5, 0.6) is 0 Å². The molecule has 0 atom stereocenters. The van der Waals surface area contributed by atoms with Gasteiger partial charge in [-0.2, -0.15) is 0 Å². The van der Waals surface area contributed by atoms with Crippen molar-refractivity contribution in [3.63, 3.8) is 0 Å². The molecule has 0 saturated heterocycles. The molecule has 0 N–H and O–H groups in total. The summed E-state index contributed by atoms with van der Waals surface area (Å²) in [6, 6.07) is 0. The number of hydrogen-bond donors (Lipinski definition) is 0. The molecule has 2 nitrogen and oxygen atoms in total. The molecule has 0 amide bonds. The largest absolute Gasteiger partial charge is 0.291 e. The van der Waals surface area contributed by atoms with E-state index in [2.05, 4.69) is 0 Å². The molecule has 0 radical (unpaired) electrons. The van der Waals surface area contributed by atoms with Crippen LogP contribution < -0.4 is 0 Å². The molecule has 0 aromatic carbocycles. The fraction of sp³-hybridized carbons (Fsp3) is 0.500. The fourth-order valence-electron chi connectivity index (χ4n) is 0. The van der Waals surface area contributed by atoms with Gasteiger partial charge in [0.2, 0.25) is 0 Å². The molecule has 2 heteroatoms. The Morgan fingerprint density at radius 2 is 1.17 bits per heavy atom. The van der Waals surface area contributed by atoms with Crippen LogP contribution in [0, 0.1) is 0 Å². The first-order valence-electron chi connectivity index (χ1n) is 1.66. The highest BCUT2D eigenvalue weighted by Crippen LogP contribution is 1.66. The van der Waals surface area contributed by atoms with Crippen LogP contribution >= 0.6 is 0 Å². The number of rotatable bonds is 1. The van der Waals surface area contributed by atoms with Crippen LogP contribution in [0.3, 0.4) is 0 Å². The lowest BCUT2D eigenvalue weighted by atomic mass is 11.0. The van der Waals surface area contributed by atoms with Crippen molar-refractivity contribution in [2.75, 3.05) is 0 Å². The van der Waals surface area contributed by atoms with E-state index in [1.165, 1.54) is 13.8 Å². The van der Waals surface area contributed by atoms with E-state index in [0.29, 0.717) is 0 Å². The number of hydrogen-bond acceptors (Lipinski definition) is 2. The van der Waals surface area contributed by atoms with Gasteiger partial charge in [0.05, 0.1) is 0 Å². The van der Waals surface area contributed by atoms with Crippen LogP contribution in [0.4, 0.5) is 0 Å². The van der Waals surface area contributed by atoms with Crippen molar-refractivity contribution in [2.24, 2.45) is 0 Å². The Hall–Kier alpha value is -0.660. The number of Topliss-reactive ketones (excluding diaryl/α,β-unsaturated/α-hetero) is 2. The van der Waals surface area contributed by atoms with E-state index in [9.17, 15) is 9.59 Å². The second kappa shape index (κ2) is 1.70. The summed E-state index contributed by atoms with van der Waals surface area (Å²) in [5.41, 5.74) is 0. The minimum atomic E-state index is -0.380. The van der Waals surface area contributed by atoms with E-state index < -0.39 is 0 Å². The summed E-state index contributed by atoms with van der Waals surface area (Å²) in [5.74, 6) is -0.759. The zero-order valence-electron chi connectivity index (χ0n) is 3.82. The number of carbonyl (C=O) groups is 2. The van der Waals surface area contributed by atoms with E-state index in [1.807, 2.05) is 0 Å². The third-order valence-corrected chi connectivity index (χ3v) is 0.496. The summed E-state index contributed by atoms with van der Waals surface area (Å²) in [6.07, 6.45) is 0. The van der Waals surface area contributed by atoms with E-state index in [4.69, 9.17) is 0 Å². The first kappa shape index (κ1) is 5.34. The lowest BCUT2D eigenvalue weighted by Gasteiger charge is -1.73. The Bertz CT molecular complexity index is 71.5. The van der Waals surface area contributed by atoms with Crippen molar-refractivity contribution < 1.29 is 9.59 Å². The second-order valence-corrected chi connectivity index (χ2v) is 1.11. The van der Waals surface area contributed by atoms with Gasteiger partial charge in [-0.25, -0.2) is 0 Å². The van der Waals surface area contributed by atoms with Crippen LogP contribution in [0.2, 0.25) is 0 Å². The summed E-state index contributed by atoms with van der Waals surface area (Å²) in [6.45, 7) is 2.50. The maximum absolute atomic E-state index is 9.79.